The summed E-state index contributed by atoms with van der Waals surface area (Å²) < 4.78 is 18.9. The molecule has 1 amide bonds. The zero-order valence-electron chi connectivity index (χ0n) is 12.1. The maximum absolute atomic E-state index is 13.5. The van der Waals surface area contributed by atoms with Crippen LogP contribution in [0.1, 0.15) is 12.5 Å². The Balaban J connectivity index is 1.97. The summed E-state index contributed by atoms with van der Waals surface area (Å²) in [6.45, 7) is 2.11. The predicted octanol–water partition coefficient (Wildman–Crippen LogP) is 3.25. The first-order valence-electron chi connectivity index (χ1n) is 6.78. The SMILES string of the molecule is C[C@@H](Oc1ccccc1F)C(=O)N(C)Cc1ccccc1. The average Bonchev–Trinajstić information content (AvgIpc) is 2.49. The second-order valence-corrected chi connectivity index (χ2v) is 4.87. The van der Waals surface area contributed by atoms with Gasteiger partial charge in [-0.2, -0.15) is 0 Å². The molecule has 0 N–H and O–H groups in total. The summed E-state index contributed by atoms with van der Waals surface area (Å²) in [5, 5.41) is 0. The van der Waals surface area contributed by atoms with Crippen molar-refractivity contribution >= 4 is 5.91 Å². The van der Waals surface area contributed by atoms with Crippen LogP contribution >= 0.6 is 0 Å². The number of ether oxygens (including phenoxy) is 1. The lowest BCUT2D eigenvalue weighted by Gasteiger charge is -2.22. The topological polar surface area (TPSA) is 29.5 Å². The Labute approximate surface area is 124 Å². The van der Waals surface area contributed by atoms with Crippen molar-refractivity contribution in [2.45, 2.75) is 19.6 Å². The third-order valence-electron chi connectivity index (χ3n) is 3.13. The van der Waals surface area contributed by atoms with Gasteiger partial charge in [-0.15, -0.1) is 0 Å². The summed E-state index contributed by atoms with van der Waals surface area (Å²) in [6, 6.07) is 15.7. The maximum Gasteiger partial charge on any atom is 0.263 e. The van der Waals surface area contributed by atoms with E-state index in [1.165, 1.54) is 12.1 Å². The summed E-state index contributed by atoms with van der Waals surface area (Å²) in [5.74, 6) is -0.573. The molecule has 21 heavy (non-hydrogen) atoms. The van der Waals surface area contributed by atoms with E-state index in [0.29, 0.717) is 6.54 Å². The van der Waals surface area contributed by atoms with E-state index < -0.39 is 11.9 Å². The van der Waals surface area contributed by atoms with Crippen molar-refractivity contribution < 1.29 is 13.9 Å². The largest absolute Gasteiger partial charge is 0.478 e. The van der Waals surface area contributed by atoms with E-state index in [9.17, 15) is 9.18 Å². The maximum atomic E-state index is 13.5. The highest BCUT2D eigenvalue weighted by Gasteiger charge is 2.20. The Morgan fingerprint density at radius 1 is 1.14 bits per heavy atom. The van der Waals surface area contributed by atoms with Gasteiger partial charge in [0.1, 0.15) is 0 Å². The van der Waals surface area contributed by atoms with Crippen molar-refractivity contribution in [1.82, 2.24) is 4.90 Å². The number of benzene rings is 2. The number of hydrogen-bond donors (Lipinski definition) is 0. The summed E-state index contributed by atoms with van der Waals surface area (Å²) in [6.07, 6.45) is -0.740. The minimum absolute atomic E-state index is 0.0893. The van der Waals surface area contributed by atoms with E-state index >= 15 is 0 Å². The fourth-order valence-corrected chi connectivity index (χ4v) is 2.03. The minimum atomic E-state index is -0.740. The molecule has 0 saturated heterocycles. The monoisotopic (exact) mass is 287 g/mol. The Kier molecular flexibility index (Phi) is 4.93. The van der Waals surface area contributed by atoms with Gasteiger partial charge in [0.15, 0.2) is 17.7 Å². The van der Waals surface area contributed by atoms with E-state index in [1.54, 1.807) is 31.0 Å². The molecule has 0 aliphatic heterocycles. The molecule has 0 spiro atoms. The van der Waals surface area contributed by atoms with E-state index in [1.807, 2.05) is 30.3 Å². The molecule has 0 aromatic heterocycles. The van der Waals surface area contributed by atoms with Crippen LogP contribution in [-0.2, 0) is 11.3 Å². The second-order valence-electron chi connectivity index (χ2n) is 4.87. The molecular weight excluding hydrogens is 269 g/mol. The number of rotatable bonds is 5. The number of carbonyl (C=O) groups is 1. The molecule has 0 fully saturated rings. The predicted molar refractivity (Wildman–Crippen MR) is 79.4 cm³/mol. The molecular formula is C17H18FNO2. The fraction of sp³-hybridized carbons (Fsp3) is 0.235. The second kappa shape index (κ2) is 6.88. The lowest BCUT2D eigenvalue weighted by atomic mass is 10.2. The average molecular weight is 287 g/mol. The van der Waals surface area contributed by atoms with Crippen LogP contribution in [0.3, 0.4) is 0 Å². The fourth-order valence-electron chi connectivity index (χ4n) is 2.03. The number of hydrogen-bond acceptors (Lipinski definition) is 2. The first-order valence-corrected chi connectivity index (χ1v) is 6.78. The zero-order chi connectivity index (χ0) is 15.2. The standard InChI is InChI=1S/C17H18FNO2/c1-13(21-16-11-7-6-10-15(16)18)17(20)19(2)12-14-8-4-3-5-9-14/h3-11,13H,12H2,1-2H3/t13-/m1/s1. The third-order valence-corrected chi connectivity index (χ3v) is 3.13. The number of nitrogens with zero attached hydrogens (tertiary/aromatic N) is 1. The Morgan fingerprint density at radius 3 is 2.43 bits per heavy atom. The van der Waals surface area contributed by atoms with Crippen LogP contribution in [0.4, 0.5) is 4.39 Å². The van der Waals surface area contributed by atoms with Gasteiger partial charge in [-0.1, -0.05) is 42.5 Å². The first-order chi connectivity index (χ1) is 10.1. The summed E-state index contributed by atoms with van der Waals surface area (Å²) in [5.41, 5.74) is 1.03. The lowest BCUT2D eigenvalue weighted by Crippen LogP contribution is -2.37. The van der Waals surface area contributed by atoms with Crippen molar-refractivity contribution in [3.63, 3.8) is 0 Å². The van der Waals surface area contributed by atoms with Crippen LogP contribution in [0.5, 0.6) is 5.75 Å². The number of para-hydroxylation sites is 1. The van der Waals surface area contributed by atoms with Crippen molar-refractivity contribution in [2.75, 3.05) is 7.05 Å². The summed E-state index contributed by atoms with van der Waals surface area (Å²) >= 11 is 0. The van der Waals surface area contributed by atoms with Crippen molar-refractivity contribution in [3.8, 4) is 5.75 Å². The molecule has 0 heterocycles. The Morgan fingerprint density at radius 2 is 1.76 bits per heavy atom. The molecule has 0 aliphatic rings. The smallest absolute Gasteiger partial charge is 0.263 e. The summed E-state index contributed by atoms with van der Waals surface area (Å²) in [7, 11) is 1.70. The molecule has 2 aromatic rings. The minimum Gasteiger partial charge on any atom is -0.478 e. The van der Waals surface area contributed by atoms with Gasteiger partial charge in [0.05, 0.1) is 0 Å². The highest BCUT2D eigenvalue weighted by Crippen LogP contribution is 2.17. The van der Waals surface area contributed by atoms with Gasteiger partial charge in [-0.05, 0) is 24.6 Å². The Bertz CT molecular complexity index is 601. The first kappa shape index (κ1) is 15.0. The third kappa shape index (κ3) is 4.05. The molecule has 2 aromatic carbocycles. The van der Waals surface area contributed by atoms with Gasteiger partial charge < -0.3 is 9.64 Å². The van der Waals surface area contributed by atoms with E-state index in [2.05, 4.69) is 0 Å². The van der Waals surface area contributed by atoms with Crippen LogP contribution in [0.2, 0.25) is 0 Å². The quantitative estimate of drug-likeness (QED) is 0.845. The van der Waals surface area contributed by atoms with Gasteiger partial charge in [0.25, 0.3) is 5.91 Å². The highest BCUT2D eigenvalue weighted by molar-refractivity contribution is 5.80. The molecule has 110 valence electrons. The van der Waals surface area contributed by atoms with E-state index in [-0.39, 0.29) is 11.7 Å². The molecule has 0 aliphatic carbocycles. The highest BCUT2D eigenvalue weighted by atomic mass is 19.1. The molecule has 0 saturated carbocycles. The van der Waals surface area contributed by atoms with Crippen molar-refractivity contribution in [1.29, 1.82) is 0 Å². The molecule has 0 bridgehead atoms. The van der Waals surface area contributed by atoms with Gasteiger partial charge in [-0.25, -0.2) is 4.39 Å². The lowest BCUT2D eigenvalue weighted by molar-refractivity contribution is -0.137. The van der Waals surface area contributed by atoms with Crippen LogP contribution < -0.4 is 4.74 Å². The normalized spacial score (nSPS) is 11.8. The molecule has 4 heteroatoms. The van der Waals surface area contributed by atoms with Gasteiger partial charge in [-0.3, -0.25) is 4.79 Å². The Hall–Kier alpha value is -2.36. The molecule has 0 unspecified atom stereocenters. The van der Waals surface area contributed by atoms with Crippen molar-refractivity contribution in [3.05, 3.63) is 66.0 Å². The number of halogens is 1. The molecule has 3 nitrogen and oxygen atoms in total. The van der Waals surface area contributed by atoms with Crippen LogP contribution in [0.25, 0.3) is 0 Å². The molecule has 0 radical (unpaired) electrons. The van der Waals surface area contributed by atoms with E-state index in [4.69, 9.17) is 4.74 Å². The number of likely N-dealkylation sites (N-methyl/N-ethyl adjacent to an activating group) is 1. The van der Waals surface area contributed by atoms with Gasteiger partial charge in [0.2, 0.25) is 0 Å². The van der Waals surface area contributed by atoms with Crippen LogP contribution in [0, 0.1) is 5.82 Å². The van der Waals surface area contributed by atoms with Gasteiger partial charge in [0, 0.05) is 13.6 Å². The van der Waals surface area contributed by atoms with Crippen LogP contribution in [-0.4, -0.2) is 24.0 Å². The van der Waals surface area contributed by atoms with E-state index in [0.717, 1.165) is 5.56 Å². The zero-order valence-corrected chi connectivity index (χ0v) is 12.1. The molecule has 2 rings (SSSR count). The molecule has 1 atom stereocenters. The number of carbonyl (C=O) groups excluding carboxylic acids is 1. The van der Waals surface area contributed by atoms with Crippen molar-refractivity contribution in [2.24, 2.45) is 0 Å². The summed E-state index contributed by atoms with van der Waals surface area (Å²) in [4.78, 5) is 13.8. The number of amides is 1. The van der Waals surface area contributed by atoms with Gasteiger partial charge >= 0.3 is 0 Å². The van der Waals surface area contributed by atoms with Crippen LogP contribution in [0.15, 0.2) is 54.6 Å².